The maximum Gasteiger partial charge on any atom is 0.432 e. The summed E-state index contributed by atoms with van der Waals surface area (Å²) in [6.45, 7) is 6.55. The quantitative estimate of drug-likeness (QED) is 0.0826. The topological polar surface area (TPSA) is 161 Å². The first-order valence-corrected chi connectivity index (χ1v) is 22.2. The van der Waals surface area contributed by atoms with Gasteiger partial charge >= 0.3 is 36.2 Å². The molecule has 3 saturated heterocycles. The predicted octanol–water partition coefficient (Wildman–Crippen LogP) is 7.85. The van der Waals surface area contributed by atoms with E-state index in [1.807, 2.05) is 0 Å². The molecule has 0 spiro atoms. The van der Waals surface area contributed by atoms with Crippen LogP contribution in [-0.2, 0) is 77.7 Å². The summed E-state index contributed by atoms with van der Waals surface area (Å²) in [6, 6.07) is 11.7. The number of rotatable bonds is 13. The van der Waals surface area contributed by atoms with Crippen LogP contribution in [0, 0.1) is 11.8 Å². The minimum atomic E-state index is -5.46. The van der Waals surface area contributed by atoms with Gasteiger partial charge in [-0.1, -0.05) is 104 Å². The smallest absolute Gasteiger partial charge is 0.432 e. The lowest BCUT2D eigenvalue weighted by Crippen LogP contribution is -2.54. The molecule has 0 aliphatic carbocycles. The van der Waals surface area contributed by atoms with E-state index in [1.54, 1.807) is 20.8 Å². The van der Waals surface area contributed by atoms with Crippen LogP contribution in [0.3, 0.4) is 0 Å². The van der Waals surface area contributed by atoms with Crippen LogP contribution in [0.4, 0.5) is 26.3 Å². The first-order chi connectivity index (χ1) is 32.4. The van der Waals surface area contributed by atoms with Crippen LogP contribution in [0.15, 0.2) is 96.1 Å². The molecule has 0 amide bonds. The summed E-state index contributed by atoms with van der Waals surface area (Å²) < 4.78 is 149. The molecule has 0 saturated carbocycles. The lowest BCUT2D eigenvalue weighted by molar-refractivity contribution is -0.279. The molecular formula is C48H53ClF6O14. The summed E-state index contributed by atoms with van der Waals surface area (Å²) in [5, 5.41) is -0.457. The van der Waals surface area contributed by atoms with Gasteiger partial charge < -0.3 is 47.4 Å². The SMILES string of the molecule is COC(=O)C[C@@H](C)/C=C/[C@@H](OC(=O)[C@@](OC)(c1ccccc1)C(F)(F)F)[C@@H]1O[C@@H]2C[C@@H]1OC(=O)[C@@H]1O[C@H](C[C@H]1C)[C@H]1OC(C)(C)O[C@@H]1/C=C\C=C(/Cl)[C@H]2OC(=O)[C@@](OC)(c1ccccc1)C(F)(F)F. The Kier molecular flexibility index (Phi) is 16.5. The van der Waals surface area contributed by atoms with Gasteiger partial charge in [-0.15, -0.1) is 0 Å². The van der Waals surface area contributed by atoms with Crippen molar-refractivity contribution in [1.82, 2.24) is 0 Å². The van der Waals surface area contributed by atoms with Crippen LogP contribution >= 0.6 is 11.6 Å². The van der Waals surface area contributed by atoms with E-state index in [2.05, 4.69) is 0 Å². The van der Waals surface area contributed by atoms with Gasteiger partial charge in [0, 0.05) is 31.8 Å². The number of hydrogen-bond donors (Lipinski definition) is 0. The van der Waals surface area contributed by atoms with E-state index in [4.69, 9.17) is 59.0 Å². The van der Waals surface area contributed by atoms with Gasteiger partial charge in [0.1, 0.15) is 36.6 Å². The zero-order chi connectivity index (χ0) is 50.7. The van der Waals surface area contributed by atoms with Crippen LogP contribution in [0.25, 0.3) is 0 Å². The Bertz CT molecular complexity index is 2240. The first-order valence-electron chi connectivity index (χ1n) is 21.9. The molecule has 4 bridgehead atoms. The number of hydrogen-bond acceptors (Lipinski definition) is 14. The van der Waals surface area contributed by atoms with Crippen molar-refractivity contribution in [2.45, 2.75) is 131 Å². The normalized spacial score (nSPS) is 31.0. The average molecular weight is 1000 g/mol. The Morgan fingerprint density at radius 3 is 1.94 bits per heavy atom. The van der Waals surface area contributed by atoms with E-state index < -0.39 is 143 Å². The van der Waals surface area contributed by atoms with E-state index in [1.165, 1.54) is 67.6 Å². The van der Waals surface area contributed by atoms with Gasteiger partial charge in [0.05, 0.1) is 24.7 Å². The third-order valence-corrected chi connectivity index (χ3v) is 12.6. The van der Waals surface area contributed by atoms with Crippen LogP contribution in [0.1, 0.15) is 58.1 Å². The molecule has 4 aliphatic rings. The molecule has 2 aromatic rings. The van der Waals surface area contributed by atoms with Gasteiger partial charge in [0.2, 0.25) is 0 Å². The number of carbonyl (C=O) groups excluding carboxylic acids is 4. The first kappa shape index (κ1) is 53.5. The Morgan fingerprint density at radius 1 is 0.812 bits per heavy atom. The summed E-state index contributed by atoms with van der Waals surface area (Å²) in [4.78, 5) is 55.1. The van der Waals surface area contributed by atoms with Crippen LogP contribution < -0.4 is 0 Å². The monoisotopic (exact) mass is 1000 g/mol. The van der Waals surface area contributed by atoms with Gasteiger partial charge in [-0.3, -0.25) is 4.79 Å². The van der Waals surface area contributed by atoms with E-state index in [0.29, 0.717) is 14.2 Å². The van der Waals surface area contributed by atoms with Gasteiger partial charge in [0.15, 0.2) is 18.0 Å². The molecule has 0 N–H and O–H groups in total. The second kappa shape index (κ2) is 21.3. The summed E-state index contributed by atoms with van der Waals surface area (Å²) in [6.07, 6.45) is -17.8. The summed E-state index contributed by atoms with van der Waals surface area (Å²) in [7, 11) is 2.43. The van der Waals surface area contributed by atoms with Crippen molar-refractivity contribution in [2.75, 3.05) is 21.3 Å². The number of halogens is 7. The molecule has 6 rings (SSSR count). The molecule has 2 aromatic carbocycles. The van der Waals surface area contributed by atoms with Crippen molar-refractivity contribution in [3.8, 4) is 0 Å². The van der Waals surface area contributed by atoms with Crippen molar-refractivity contribution in [2.24, 2.45) is 11.8 Å². The zero-order valence-electron chi connectivity index (χ0n) is 38.5. The van der Waals surface area contributed by atoms with Gasteiger partial charge in [0.25, 0.3) is 11.2 Å². The fraction of sp³-hybridized carbons (Fsp3) is 0.542. The Balaban J connectivity index is 1.50. The molecule has 4 aliphatic heterocycles. The highest BCUT2D eigenvalue weighted by Crippen LogP contribution is 2.47. The van der Waals surface area contributed by atoms with Crippen LogP contribution in [-0.4, -0.2) is 118 Å². The zero-order valence-corrected chi connectivity index (χ0v) is 39.2. The van der Waals surface area contributed by atoms with Gasteiger partial charge in [-0.2, -0.15) is 26.3 Å². The molecule has 0 aromatic heterocycles. The van der Waals surface area contributed by atoms with Crippen molar-refractivity contribution >= 4 is 35.5 Å². The highest BCUT2D eigenvalue weighted by atomic mass is 35.5. The molecule has 21 heteroatoms. The Hall–Kier alpha value is -4.83. The second-order valence-electron chi connectivity index (χ2n) is 17.5. The lowest BCUT2D eigenvalue weighted by Gasteiger charge is -2.35. The number of fused-ring (bicyclic) bond motifs is 6. The number of esters is 4. The van der Waals surface area contributed by atoms with Crippen molar-refractivity contribution in [3.05, 3.63) is 107 Å². The molecule has 0 unspecified atom stereocenters. The van der Waals surface area contributed by atoms with E-state index in [9.17, 15) is 19.2 Å². The molecular weight excluding hydrogens is 950 g/mol. The van der Waals surface area contributed by atoms with Crippen LogP contribution in [0.5, 0.6) is 0 Å². The predicted molar refractivity (Wildman–Crippen MR) is 230 cm³/mol. The Morgan fingerprint density at radius 2 is 1.39 bits per heavy atom. The highest BCUT2D eigenvalue weighted by molar-refractivity contribution is 6.30. The number of alkyl halides is 6. The number of ether oxygens (including phenoxy) is 10. The van der Waals surface area contributed by atoms with E-state index in [0.717, 1.165) is 37.5 Å². The van der Waals surface area contributed by atoms with Crippen LogP contribution in [0.2, 0.25) is 0 Å². The summed E-state index contributed by atoms with van der Waals surface area (Å²) in [5.74, 6) is -8.09. The largest absolute Gasteiger partial charge is 0.469 e. The minimum Gasteiger partial charge on any atom is -0.469 e. The summed E-state index contributed by atoms with van der Waals surface area (Å²) in [5.41, 5.74) is -8.85. The third-order valence-electron chi connectivity index (χ3n) is 12.3. The van der Waals surface area contributed by atoms with Crippen molar-refractivity contribution < 1.29 is 92.9 Å². The number of carbonyl (C=O) groups is 4. The Labute approximate surface area is 399 Å². The fourth-order valence-electron chi connectivity index (χ4n) is 8.91. The average Bonchev–Trinajstić information content (AvgIpc) is 3.98. The molecule has 3 fully saturated rings. The molecule has 14 nitrogen and oxygen atoms in total. The molecule has 69 heavy (non-hydrogen) atoms. The minimum absolute atomic E-state index is 0.255. The van der Waals surface area contributed by atoms with Gasteiger partial charge in [-0.25, -0.2) is 14.4 Å². The number of benzene rings is 2. The van der Waals surface area contributed by atoms with Crippen molar-refractivity contribution in [1.29, 1.82) is 0 Å². The maximum atomic E-state index is 15.3. The fourth-order valence-corrected chi connectivity index (χ4v) is 9.17. The third kappa shape index (κ3) is 11.1. The standard InChI is InChI=1S/C48H53ClF6O14/c1-26(23-36(56)60-5)21-22-31(66-42(58)45(61-6,47(50,51)52)28-15-10-8-11-16-28)39-35-25-34(64-39)38(67-43(59)46(62-7,48(53,54)55)29-17-12-9-13-18-29)30(49)19-14-20-32-40(69-44(3,4)68-32)33-24-27(2)37(63-33)41(57)65-35/h8-22,26-27,31-35,37-40H,23-25H2,1-7H3/b20-14-,22-21+,30-19-/t26-,27+,31+,32+,33+,34+,35-,37+,38+,39-,40-,45-,46-/m0/s1. The number of methoxy groups -OCH3 is 3. The van der Waals surface area contributed by atoms with Crippen molar-refractivity contribution in [3.63, 3.8) is 0 Å². The second-order valence-corrected chi connectivity index (χ2v) is 17.9. The summed E-state index contributed by atoms with van der Waals surface area (Å²) >= 11 is 6.90. The number of allylic oxidation sites excluding steroid dienone is 3. The molecule has 378 valence electrons. The maximum absolute atomic E-state index is 15.3. The van der Waals surface area contributed by atoms with Gasteiger partial charge in [-0.05, 0) is 44.3 Å². The molecule has 4 heterocycles. The van der Waals surface area contributed by atoms with E-state index in [-0.39, 0.29) is 12.8 Å². The van der Waals surface area contributed by atoms with E-state index >= 15 is 26.3 Å². The lowest BCUT2D eigenvalue weighted by atomic mass is 9.92. The molecule has 0 radical (unpaired) electrons. The highest BCUT2D eigenvalue weighted by Gasteiger charge is 2.66. The molecule has 13 atom stereocenters.